The molecule has 1 N–H and O–H groups in total. The molecule has 0 aliphatic carbocycles. The van der Waals surface area contributed by atoms with E-state index in [9.17, 15) is 4.79 Å². The molecule has 1 amide bonds. The highest BCUT2D eigenvalue weighted by Gasteiger charge is 2.35. The molecule has 0 radical (unpaired) electrons. The van der Waals surface area contributed by atoms with Crippen molar-refractivity contribution in [1.82, 2.24) is 14.7 Å². The molecular weight excluding hydrogens is 580 g/mol. The lowest BCUT2D eigenvalue weighted by Gasteiger charge is -2.29. The summed E-state index contributed by atoms with van der Waals surface area (Å²) in [5, 5.41) is 11.8. The lowest BCUT2D eigenvalue weighted by Crippen LogP contribution is -2.43. The van der Waals surface area contributed by atoms with Crippen LogP contribution in [0.2, 0.25) is 0 Å². The zero-order chi connectivity index (χ0) is 33.7. The van der Waals surface area contributed by atoms with Crippen LogP contribution in [0.15, 0.2) is 78.9 Å². The highest BCUT2D eigenvalue weighted by molar-refractivity contribution is 5.95. The van der Waals surface area contributed by atoms with Gasteiger partial charge in [-0.25, -0.2) is 0 Å². The molecule has 0 bridgehead atoms. The molecule has 2 fully saturated rings. The molecule has 0 spiro atoms. The van der Waals surface area contributed by atoms with Crippen LogP contribution in [0.3, 0.4) is 0 Å². The van der Waals surface area contributed by atoms with Gasteiger partial charge in [0.1, 0.15) is 12.4 Å². The monoisotopic (exact) mass is 636 g/mol. The number of hydrogen-bond acceptors (Lipinski definition) is 6. The third-order valence-electron chi connectivity index (χ3n) is 7.94. The van der Waals surface area contributed by atoms with E-state index >= 15 is 0 Å². The van der Waals surface area contributed by atoms with Crippen LogP contribution in [0.25, 0.3) is 0 Å². The number of anilines is 1. The first-order chi connectivity index (χ1) is 22.3. The maximum Gasteiger partial charge on any atom is 0.300 e. The summed E-state index contributed by atoms with van der Waals surface area (Å²) in [7, 11) is 0. The minimum Gasteiger partial charge on any atom is -0.481 e. The molecule has 3 heterocycles. The first kappa shape index (κ1) is 38.5. The van der Waals surface area contributed by atoms with Crippen molar-refractivity contribution in [2.75, 3.05) is 37.9 Å². The Bertz CT molecular complexity index is 1230. The molecule has 2 aliphatic rings. The molecule has 1 aromatic heterocycles. The van der Waals surface area contributed by atoms with Gasteiger partial charge in [-0.15, -0.1) is 0 Å². The van der Waals surface area contributed by atoms with E-state index in [4.69, 9.17) is 19.4 Å². The first-order valence-electron chi connectivity index (χ1n) is 16.9. The predicted molar refractivity (Wildman–Crippen MR) is 186 cm³/mol. The number of nitrogens with zero attached hydrogens (tertiary/aromatic N) is 4. The topological polar surface area (TPSA) is 97.1 Å². The smallest absolute Gasteiger partial charge is 0.300 e. The quantitative estimate of drug-likeness (QED) is 0.206. The fraction of sp³-hybridized carbons (Fsp3) is 0.541. The number of hydrogen-bond donors (Lipinski definition) is 1. The Morgan fingerprint density at radius 2 is 1.93 bits per heavy atom. The summed E-state index contributed by atoms with van der Waals surface area (Å²) in [4.78, 5) is 27.3. The maximum absolute atomic E-state index is 13.9. The third kappa shape index (κ3) is 13.3. The van der Waals surface area contributed by atoms with Crippen LogP contribution in [-0.2, 0) is 32.0 Å². The van der Waals surface area contributed by atoms with E-state index in [1.54, 1.807) is 0 Å². The number of benzene rings is 1. The summed E-state index contributed by atoms with van der Waals surface area (Å²) in [6, 6.07) is 10.8. The molecule has 0 saturated carbocycles. The highest BCUT2D eigenvalue weighted by Crippen LogP contribution is 2.32. The molecule has 4 rings (SSSR count). The van der Waals surface area contributed by atoms with Crippen LogP contribution in [0.4, 0.5) is 5.69 Å². The van der Waals surface area contributed by atoms with Crippen molar-refractivity contribution in [1.29, 1.82) is 0 Å². The number of carboxylic acid groups (broad SMARTS) is 1. The number of carbonyl (C=O) groups is 2. The number of allylic oxidation sites excluding steroid dienone is 3. The van der Waals surface area contributed by atoms with Crippen LogP contribution in [0, 0.1) is 5.92 Å². The Kier molecular flexibility index (Phi) is 18.4. The fourth-order valence-corrected chi connectivity index (χ4v) is 5.63. The summed E-state index contributed by atoms with van der Waals surface area (Å²) >= 11 is 0. The zero-order valence-electron chi connectivity index (χ0n) is 28.7. The number of amides is 1. The van der Waals surface area contributed by atoms with Crippen molar-refractivity contribution in [2.45, 2.75) is 92.2 Å². The van der Waals surface area contributed by atoms with Gasteiger partial charge in [0, 0.05) is 50.7 Å². The van der Waals surface area contributed by atoms with Gasteiger partial charge in [0.2, 0.25) is 5.91 Å². The Hall–Kier alpha value is -3.69. The molecule has 2 aliphatic heterocycles. The lowest BCUT2D eigenvalue weighted by atomic mass is 9.94. The van der Waals surface area contributed by atoms with Gasteiger partial charge in [-0.1, -0.05) is 71.4 Å². The van der Waals surface area contributed by atoms with Gasteiger partial charge in [-0.3, -0.25) is 19.2 Å². The van der Waals surface area contributed by atoms with E-state index in [1.165, 1.54) is 11.1 Å². The van der Waals surface area contributed by atoms with Gasteiger partial charge in [-0.05, 0) is 73.4 Å². The van der Waals surface area contributed by atoms with E-state index in [0.29, 0.717) is 25.9 Å². The van der Waals surface area contributed by atoms with Crippen molar-refractivity contribution >= 4 is 17.6 Å². The van der Waals surface area contributed by atoms with Gasteiger partial charge in [0.25, 0.3) is 5.97 Å². The number of carboxylic acids is 1. The normalized spacial score (nSPS) is 18.6. The largest absolute Gasteiger partial charge is 0.481 e. The van der Waals surface area contributed by atoms with Gasteiger partial charge in [0.15, 0.2) is 6.79 Å². The Morgan fingerprint density at radius 1 is 1.17 bits per heavy atom. The van der Waals surface area contributed by atoms with Crippen molar-refractivity contribution in [3.63, 3.8) is 0 Å². The SMILES string of the molecule is C=C/C(=C\C=C1/COCO1)C1CC(CCn2cccn2)N(CC(=O)N(CCCC)c2cccc(CCCC)c2)C1.CC.CC(=O)O. The van der Waals surface area contributed by atoms with Crippen LogP contribution < -0.4 is 4.90 Å². The van der Waals surface area contributed by atoms with Crippen LogP contribution >= 0.6 is 0 Å². The summed E-state index contributed by atoms with van der Waals surface area (Å²) in [6.45, 7) is 17.2. The Balaban J connectivity index is 0.00000114. The highest BCUT2D eigenvalue weighted by atomic mass is 16.7. The van der Waals surface area contributed by atoms with Gasteiger partial charge in [-0.2, -0.15) is 5.10 Å². The molecule has 1 aromatic carbocycles. The molecule has 254 valence electrons. The summed E-state index contributed by atoms with van der Waals surface area (Å²) in [6.07, 6.45) is 17.2. The summed E-state index contributed by atoms with van der Waals surface area (Å²) in [5.74, 6) is 0.481. The number of ether oxygens (including phenoxy) is 2. The molecule has 2 aromatic rings. The minimum absolute atomic E-state index is 0.175. The standard InChI is InChI=1S/C33H46N4O3.C2H4O2.C2H6/c1-4-7-11-27-12-9-13-31(21-27)37(19-8-5-2)33(38)24-35-23-29(22-30(35)16-20-36-18-10-17-34-36)28(6-3)14-15-32-25-39-26-40-32;1-2(3)4;1-2/h6,9-10,12-15,17-18,21,29-30H,3-5,7-8,11,16,19-20,22-26H2,1-2H3;1H3,(H,3,4);1-2H3/b28-14+,32-15+;;. The third-order valence-corrected chi connectivity index (χ3v) is 7.94. The van der Waals surface area contributed by atoms with Crippen molar-refractivity contribution in [3.05, 3.63) is 84.4 Å². The second-order valence-corrected chi connectivity index (χ2v) is 11.4. The van der Waals surface area contributed by atoms with Crippen LogP contribution in [0.5, 0.6) is 0 Å². The van der Waals surface area contributed by atoms with Gasteiger partial charge < -0.3 is 19.5 Å². The molecular formula is C37H56N4O5. The molecule has 2 unspecified atom stereocenters. The number of likely N-dealkylation sites (tertiary alicyclic amines) is 1. The number of aromatic nitrogens is 2. The van der Waals surface area contributed by atoms with E-state index in [0.717, 1.165) is 83.0 Å². The van der Waals surface area contributed by atoms with E-state index < -0.39 is 5.97 Å². The Labute approximate surface area is 276 Å². The number of unbranched alkanes of at least 4 members (excludes halogenated alkanes) is 2. The number of aliphatic carboxylic acids is 1. The van der Waals surface area contributed by atoms with E-state index in [1.807, 2.05) is 54.0 Å². The maximum atomic E-state index is 13.9. The first-order valence-corrected chi connectivity index (χ1v) is 16.9. The van der Waals surface area contributed by atoms with Gasteiger partial charge >= 0.3 is 0 Å². The average Bonchev–Trinajstić information content (AvgIpc) is 3.84. The molecule has 9 heteroatoms. The lowest BCUT2D eigenvalue weighted by molar-refractivity contribution is -0.134. The predicted octanol–water partition coefficient (Wildman–Crippen LogP) is 7.26. The number of aryl methyl sites for hydroxylation is 2. The molecule has 46 heavy (non-hydrogen) atoms. The van der Waals surface area contributed by atoms with Gasteiger partial charge in [0.05, 0.1) is 6.54 Å². The fourth-order valence-electron chi connectivity index (χ4n) is 5.63. The summed E-state index contributed by atoms with van der Waals surface area (Å²) < 4.78 is 12.8. The van der Waals surface area contributed by atoms with Crippen LogP contribution in [-0.4, -0.2) is 70.7 Å². The zero-order valence-corrected chi connectivity index (χ0v) is 28.7. The summed E-state index contributed by atoms with van der Waals surface area (Å²) in [5.41, 5.74) is 3.50. The average molecular weight is 637 g/mol. The number of carbonyl (C=O) groups excluding carboxylic acids is 1. The second-order valence-electron chi connectivity index (χ2n) is 11.4. The van der Waals surface area contributed by atoms with E-state index in [-0.39, 0.29) is 11.9 Å². The minimum atomic E-state index is -0.833. The van der Waals surface area contributed by atoms with Crippen molar-refractivity contribution in [3.8, 4) is 0 Å². The molecule has 2 atom stereocenters. The van der Waals surface area contributed by atoms with Crippen molar-refractivity contribution < 1.29 is 24.2 Å². The van der Waals surface area contributed by atoms with E-state index in [2.05, 4.69) is 60.8 Å². The van der Waals surface area contributed by atoms with Crippen molar-refractivity contribution in [2.24, 2.45) is 5.92 Å². The number of rotatable bonds is 15. The van der Waals surface area contributed by atoms with Crippen LogP contribution in [0.1, 0.15) is 78.7 Å². The Morgan fingerprint density at radius 3 is 2.57 bits per heavy atom. The molecule has 2 saturated heterocycles. The second kappa shape index (κ2) is 21.9. The molecule has 9 nitrogen and oxygen atoms in total.